The number of aromatic nitrogens is 3. The van der Waals surface area contributed by atoms with Gasteiger partial charge in [0.25, 0.3) is 0 Å². The van der Waals surface area contributed by atoms with Crippen molar-refractivity contribution in [2.45, 2.75) is 13.8 Å². The quantitative estimate of drug-likeness (QED) is 0.755. The van der Waals surface area contributed by atoms with E-state index in [1.165, 1.54) is 6.20 Å². The molecule has 0 aliphatic rings. The van der Waals surface area contributed by atoms with Gasteiger partial charge in [-0.2, -0.15) is 5.10 Å². The summed E-state index contributed by atoms with van der Waals surface area (Å²) in [5.41, 5.74) is 1.50. The maximum absolute atomic E-state index is 11.4. The fourth-order valence-electron chi connectivity index (χ4n) is 1.36. The van der Waals surface area contributed by atoms with Crippen LogP contribution in [-0.2, 0) is 4.74 Å². The summed E-state index contributed by atoms with van der Waals surface area (Å²) in [6, 6.07) is 3.78. The lowest BCUT2D eigenvalue weighted by atomic mass is 10.3. The first-order valence-electron chi connectivity index (χ1n) is 5.35. The molecule has 0 aliphatic carbocycles. The van der Waals surface area contributed by atoms with Crippen LogP contribution < -0.4 is 0 Å². The van der Waals surface area contributed by atoms with Gasteiger partial charge in [-0.1, -0.05) is 6.07 Å². The van der Waals surface area contributed by atoms with Crippen LogP contribution in [0.1, 0.15) is 22.8 Å². The Labute approximate surface area is 99.1 Å². The monoisotopic (exact) mass is 231 g/mol. The van der Waals surface area contributed by atoms with Crippen LogP contribution in [-0.4, -0.2) is 27.3 Å². The Kier molecular flexibility index (Phi) is 3.18. The molecule has 0 spiro atoms. The maximum Gasteiger partial charge on any atom is 0.341 e. The summed E-state index contributed by atoms with van der Waals surface area (Å²) in [5, 5.41) is 4.07. The van der Waals surface area contributed by atoms with E-state index in [2.05, 4.69) is 10.1 Å². The molecule has 2 aromatic heterocycles. The Balaban J connectivity index is 2.23. The highest BCUT2D eigenvalue weighted by Gasteiger charge is 2.10. The zero-order valence-corrected chi connectivity index (χ0v) is 9.75. The van der Waals surface area contributed by atoms with Crippen LogP contribution in [0.25, 0.3) is 5.82 Å². The molecule has 0 atom stereocenters. The normalized spacial score (nSPS) is 10.2. The Hall–Kier alpha value is -2.17. The average molecular weight is 231 g/mol. The largest absolute Gasteiger partial charge is 0.462 e. The van der Waals surface area contributed by atoms with Crippen LogP contribution in [0.5, 0.6) is 0 Å². The Morgan fingerprint density at radius 1 is 1.41 bits per heavy atom. The minimum absolute atomic E-state index is 0.354. The van der Waals surface area contributed by atoms with Gasteiger partial charge in [-0.05, 0) is 25.5 Å². The summed E-state index contributed by atoms with van der Waals surface area (Å²) in [6.45, 7) is 4.08. The molecule has 2 aromatic rings. The molecule has 0 bridgehead atoms. The smallest absolute Gasteiger partial charge is 0.341 e. The second-order valence-corrected chi connectivity index (χ2v) is 3.59. The van der Waals surface area contributed by atoms with E-state index in [9.17, 15) is 4.79 Å². The number of esters is 1. The van der Waals surface area contributed by atoms with Gasteiger partial charge in [0.15, 0.2) is 5.82 Å². The highest BCUT2D eigenvalue weighted by Crippen LogP contribution is 2.07. The van der Waals surface area contributed by atoms with Crippen LogP contribution >= 0.6 is 0 Å². The molecule has 17 heavy (non-hydrogen) atoms. The average Bonchev–Trinajstić information content (AvgIpc) is 2.80. The molecule has 5 nitrogen and oxygen atoms in total. The number of rotatable bonds is 3. The van der Waals surface area contributed by atoms with Crippen molar-refractivity contribution < 1.29 is 9.53 Å². The van der Waals surface area contributed by atoms with Gasteiger partial charge in [0.05, 0.1) is 18.4 Å². The van der Waals surface area contributed by atoms with E-state index in [1.54, 1.807) is 24.0 Å². The first-order chi connectivity index (χ1) is 8.20. The first-order valence-corrected chi connectivity index (χ1v) is 5.35. The number of carbonyl (C=O) groups is 1. The van der Waals surface area contributed by atoms with E-state index < -0.39 is 0 Å². The summed E-state index contributed by atoms with van der Waals surface area (Å²) in [7, 11) is 0. The molecule has 2 rings (SSSR count). The molecule has 0 radical (unpaired) electrons. The van der Waals surface area contributed by atoms with Gasteiger partial charge < -0.3 is 4.74 Å². The lowest BCUT2D eigenvalue weighted by molar-refractivity contribution is 0.0526. The van der Waals surface area contributed by atoms with Gasteiger partial charge in [-0.25, -0.2) is 14.5 Å². The third kappa shape index (κ3) is 2.50. The topological polar surface area (TPSA) is 57.0 Å². The third-order valence-corrected chi connectivity index (χ3v) is 2.22. The summed E-state index contributed by atoms with van der Waals surface area (Å²) >= 11 is 0. The van der Waals surface area contributed by atoms with Crippen LogP contribution in [0.3, 0.4) is 0 Å². The van der Waals surface area contributed by atoms with E-state index >= 15 is 0 Å². The van der Waals surface area contributed by atoms with Crippen molar-refractivity contribution in [2.24, 2.45) is 0 Å². The van der Waals surface area contributed by atoms with Crippen molar-refractivity contribution in [2.75, 3.05) is 6.61 Å². The number of aryl methyl sites for hydroxylation is 1. The van der Waals surface area contributed by atoms with E-state index in [1.807, 2.05) is 19.1 Å². The van der Waals surface area contributed by atoms with E-state index in [0.29, 0.717) is 18.0 Å². The molecule has 0 aromatic carbocycles. The molecule has 0 aliphatic heterocycles. The minimum Gasteiger partial charge on any atom is -0.462 e. The standard InChI is InChI=1S/C12H13N3O2/c1-3-17-12(16)10-7-14-15(8-10)11-5-4-9(2)6-13-11/h4-8H,3H2,1-2H3. The molecular weight excluding hydrogens is 218 g/mol. The van der Waals surface area contributed by atoms with E-state index in [0.717, 1.165) is 5.56 Å². The molecule has 88 valence electrons. The highest BCUT2D eigenvalue weighted by atomic mass is 16.5. The summed E-state index contributed by atoms with van der Waals surface area (Å²) < 4.78 is 6.43. The lowest BCUT2D eigenvalue weighted by Crippen LogP contribution is -2.03. The second kappa shape index (κ2) is 4.78. The molecule has 0 N–H and O–H groups in total. The Morgan fingerprint density at radius 2 is 2.24 bits per heavy atom. The molecule has 0 unspecified atom stereocenters. The Bertz CT molecular complexity index is 517. The summed E-state index contributed by atoms with van der Waals surface area (Å²) in [4.78, 5) is 15.7. The van der Waals surface area contributed by atoms with Crippen molar-refractivity contribution in [3.05, 3.63) is 41.9 Å². The van der Waals surface area contributed by atoms with Crippen molar-refractivity contribution in [1.82, 2.24) is 14.8 Å². The van der Waals surface area contributed by atoms with Crippen molar-refractivity contribution in [3.8, 4) is 5.82 Å². The SMILES string of the molecule is CCOC(=O)c1cnn(-c2ccc(C)cn2)c1. The maximum atomic E-state index is 11.4. The molecule has 0 amide bonds. The molecule has 0 saturated carbocycles. The Morgan fingerprint density at radius 3 is 2.88 bits per heavy atom. The predicted octanol–water partition coefficient (Wildman–Crippen LogP) is 1.75. The number of hydrogen-bond acceptors (Lipinski definition) is 4. The van der Waals surface area contributed by atoms with Crippen LogP contribution in [0, 0.1) is 6.92 Å². The molecular formula is C12H13N3O2. The minimum atomic E-state index is -0.370. The fraction of sp³-hybridized carbons (Fsp3) is 0.250. The van der Waals surface area contributed by atoms with E-state index in [4.69, 9.17) is 4.74 Å². The van der Waals surface area contributed by atoms with Crippen LogP contribution in [0.4, 0.5) is 0 Å². The predicted molar refractivity (Wildman–Crippen MR) is 62.1 cm³/mol. The summed E-state index contributed by atoms with van der Waals surface area (Å²) in [6.07, 6.45) is 4.83. The van der Waals surface area contributed by atoms with Gasteiger partial charge in [0.2, 0.25) is 0 Å². The zero-order chi connectivity index (χ0) is 12.3. The lowest BCUT2D eigenvalue weighted by Gasteiger charge is -2.00. The molecule has 2 heterocycles. The van der Waals surface area contributed by atoms with Crippen molar-refractivity contribution in [1.29, 1.82) is 0 Å². The number of ether oxygens (including phenoxy) is 1. The summed E-state index contributed by atoms with van der Waals surface area (Å²) in [5.74, 6) is 0.303. The zero-order valence-electron chi connectivity index (χ0n) is 9.75. The van der Waals surface area contributed by atoms with Gasteiger partial charge in [0, 0.05) is 12.4 Å². The van der Waals surface area contributed by atoms with Gasteiger partial charge in [0.1, 0.15) is 0 Å². The highest BCUT2D eigenvalue weighted by molar-refractivity contribution is 5.88. The van der Waals surface area contributed by atoms with Gasteiger partial charge in [-0.15, -0.1) is 0 Å². The molecule has 0 fully saturated rings. The van der Waals surface area contributed by atoms with Gasteiger partial charge in [-0.3, -0.25) is 0 Å². The van der Waals surface area contributed by atoms with Crippen molar-refractivity contribution >= 4 is 5.97 Å². The van der Waals surface area contributed by atoms with E-state index in [-0.39, 0.29) is 5.97 Å². The fourth-order valence-corrected chi connectivity index (χ4v) is 1.36. The number of carbonyl (C=O) groups excluding carboxylic acids is 1. The molecule has 0 saturated heterocycles. The molecule has 5 heteroatoms. The van der Waals surface area contributed by atoms with Crippen molar-refractivity contribution in [3.63, 3.8) is 0 Å². The number of hydrogen-bond donors (Lipinski definition) is 0. The second-order valence-electron chi connectivity index (χ2n) is 3.59. The number of nitrogens with zero attached hydrogens (tertiary/aromatic N) is 3. The first kappa shape index (κ1) is 11.3. The van der Waals surface area contributed by atoms with Crippen LogP contribution in [0.2, 0.25) is 0 Å². The third-order valence-electron chi connectivity index (χ3n) is 2.22. The van der Waals surface area contributed by atoms with Crippen LogP contribution in [0.15, 0.2) is 30.7 Å². The number of pyridine rings is 1. The van der Waals surface area contributed by atoms with Gasteiger partial charge >= 0.3 is 5.97 Å².